The van der Waals surface area contributed by atoms with Crippen LogP contribution < -0.4 is 5.32 Å². The highest BCUT2D eigenvalue weighted by Gasteiger charge is 2.34. The third-order valence-electron chi connectivity index (χ3n) is 3.14. The third-order valence-corrected chi connectivity index (χ3v) is 3.57. The molecule has 7 nitrogen and oxygen atoms in total. The molecule has 0 unspecified atom stereocenters. The van der Waals surface area contributed by atoms with Crippen LogP contribution in [0.4, 0.5) is 18.9 Å². The van der Waals surface area contributed by atoms with Crippen molar-refractivity contribution in [3.05, 3.63) is 46.6 Å². The summed E-state index contributed by atoms with van der Waals surface area (Å²) in [7, 11) is 0. The quantitative estimate of drug-likeness (QED) is 0.613. The number of amides is 1. The van der Waals surface area contributed by atoms with Gasteiger partial charge in [-0.25, -0.2) is 9.78 Å². The molecule has 3 aromatic rings. The number of furan rings is 1. The molecule has 136 valence electrons. The Kier molecular flexibility index (Phi) is 4.72. The lowest BCUT2D eigenvalue weighted by molar-refractivity contribution is -0.144. The van der Waals surface area contributed by atoms with Gasteiger partial charge < -0.3 is 19.5 Å². The number of halogens is 4. The number of benzene rings is 1. The first-order chi connectivity index (χ1) is 12.2. The Morgan fingerprint density at radius 3 is 2.69 bits per heavy atom. The van der Waals surface area contributed by atoms with Crippen molar-refractivity contribution in [1.82, 2.24) is 9.97 Å². The maximum Gasteiger partial charge on any atom is 0.449 e. The number of aromatic amines is 1. The molecule has 1 aromatic carbocycles. The molecule has 0 aliphatic heterocycles. The van der Waals surface area contributed by atoms with E-state index in [0.29, 0.717) is 4.67 Å². The molecule has 0 saturated carbocycles. The summed E-state index contributed by atoms with van der Waals surface area (Å²) in [5.74, 6) is -2.71. The van der Waals surface area contributed by atoms with Gasteiger partial charge in [-0.1, -0.05) is 0 Å². The van der Waals surface area contributed by atoms with Crippen LogP contribution in [0.3, 0.4) is 0 Å². The molecular formula is C15H9BrF3N3O4. The van der Waals surface area contributed by atoms with E-state index in [1.807, 2.05) is 0 Å². The van der Waals surface area contributed by atoms with Crippen molar-refractivity contribution in [2.75, 3.05) is 11.9 Å². The van der Waals surface area contributed by atoms with Gasteiger partial charge in [-0.05, 0) is 46.3 Å². The summed E-state index contributed by atoms with van der Waals surface area (Å²) in [6.45, 7) is -0.591. The van der Waals surface area contributed by atoms with Crippen molar-refractivity contribution in [1.29, 1.82) is 0 Å². The number of esters is 1. The Balaban J connectivity index is 1.62. The summed E-state index contributed by atoms with van der Waals surface area (Å²) in [6.07, 6.45) is -4.60. The smallest absolute Gasteiger partial charge is 0.449 e. The molecule has 0 radical (unpaired) electrons. The number of carbonyl (C=O) groups excluding carboxylic acids is 2. The normalized spacial score (nSPS) is 11.5. The molecule has 0 aliphatic carbocycles. The molecule has 1 amide bonds. The standard InChI is InChI=1S/C15H9BrF3N3O4/c16-11-4-3-10(26-11)13(24)25-6-12(23)20-7-1-2-8-9(5-7)22-14(21-8)15(17,18)19/h1-5H,6H2,(H,20,23)(H,21,22). The van der Waals surface area contributed by atoms with E-state index in [-0.39, 0.29) is 22.5 Å². The topological polar surface area (TPSA) is 97.2 Å². The van der Waals surface area contributed by atoms with Crippen LogP contribution >= 0.6 is 15.9 Å². The van der Waals surface area contributed by atoms with Crippen LogP contribution in [-0.2, 0) is 15.7 Å². The Morgan fingerprint density at radius 2 is 2.04 bits per heavy atom. The number of imidazole rings is 1. The third kappa shape index (κ3) is 4.04. The molecule has 0 fully saturated rings. The van der Waals surface area contributed by atoms with Gasteiger partial charge in [-0.3, -0.25) is 4.79 Å². The second kappa shape index (κ2) is 6.83. The van der Waals surface area contributed by atoms with Crippen LogP contribution in [0, 0.1) is 0 Å². The summed E-state index contributed by atoms with van der Waals surface area (Å²) in [5.41, 5.74) is 0.425. The average molecular weight is 432 g/mol. The first kappa shape index (κ1) is 18.0. The Labute approximate surface area is 151 Å². The van der Waals surface area contributed by atoms with Gasteiger partial charge in [0.25, 0.3) is 5.91 Å². The van der Waals surface area contributed by atoms with Crippen LogP contribution in [-0.4, -0.2) is 28.5 Å². The molecule has 0 atom stereocenters. The molecule has 2 N–H and O–H groups in total. The van der Waals surface area contributed by atoms with E-state index in [0.717, 1.165) is 0 Å². The average Bonchev–Trinajstić information content (AvgIpc) is 3.18. The van der Waals surface area contributed by atoms with E-state index in [4.69, 9.17) is 9.15 Å². The maximum absolute atomic E-state index is 12.6. The fraction of sp³-hybridized carbons (Fsp3) is 0.133. The van der Waals surface area contributed by atoms with Crippen molar-refractivity contribution < 1.29 is 31.9 Å². The zero-order valence-corrected chi connectivity index (χ0v) is 14.3. The van der Waals surface area contributed by atoms with Gasteiger partial charge in [0.15, 0.2) is 11.3 Å². The van der Waals surface area contributed by atoms with E-state index in [1.165, 1.54) is 30.3 Å². The van der Waals surface area contributed by atoms with Crippen molar-refractivity contribution >= 4 is 44.5 Å². The molecule has 0 aliphatic rings. The van der Waals surface area contributed by atoms with Crippen LogP contribution in [0.25, 0.3) is 11.0 Å². The summed E-state index contributed by atoms with van der Waals surface area (Å²) >= 11 is 3.03. The number of fused-ring (bicyclic) bond motifs is 1. The number of aromatic nitrogens is 2. The van der Waals surface area contributed by atoms with Crippen LogP contribution in [0.5, 0.6) is 0 Å². The van der Waals surface area contributed by atoms with Gasteiger partial charge >= 0.3 is 12.1 Å². The summed E-state index contributed by atoms with van der Waals surface area (Å²) in [4.78, 5) is 29.0. The summed E-state index contributed by atoms with van der Waals surface area (Å²) in [5, 5.41) is 2.41. The fourth-order valence-electron chi connectivity index (χ4n) is 2.04. The minimum atomic E-state index is -4.60. The number of alkyl halides is 3. The maximum atomic E-state index is 12.6. The van der Waals surface area contributed by atoms with Crippen LogP contribution in [0.15, 0.2) is 39.4 Å². The van der Waals surface area contributed by atoms with Crippen molar-refractivity contribution in [2.24, 2.45) is 0 Å². The van der Waals surface area contributed by atoms with Gasteiger partial charge in [-0.2, -0.15) is 13.2 Å². The lowest BCUT2D eigenvalue weighted by Gasteiger charge is -2.05. The second-order valence-electron chi connectivity index (χ2n) is 5.04. The lowest BCUT2D eigenvalue weighted by Crippen LogP contribution is -2.20. The highest BCUT2D eigenvalue weighted by Crippen LogP contribution is 2.29. The van der Waals surface area contributed by atoms with Gasteiger partial charge in [0, 0.05) is 5.69 Å². The lowest BCUT2D eigenvalue weighted by atomic mass is 10.3. The summed E-state index contributed by atoms with van der Waals surface area (Å²) in [6, 6.07) is 6.86. The molecule has 0 spiro atoms. The number of carbonyl (C=O) groups is 2. The SMILES string of the molecule is O=C(COC(=O)c1ccc(Br)o1)Nc1ccc2nc(C(F)(F)F)[nH]c2c1. The van der Waals surface area contributed by atoms with Gasteiger partial charge in [0.1, 0.15) is 0 Å². The number of hydrogen-bond donors (Lipinski definition) is 2. The molecule has 0 bridgehead atoms. The van der Waals surface area contributed by atoms with Crippen molar-refractivity contribution in [3.63, 3.8) is 0 Å². The molecule has 11 heteroatoms. The van der Waals surface area contributed by atoms with Crippen molar-refractivity contribution in [3.8, 4) is 0 Å². The van der Waals surface area contributed by atoms with E-state index in [1.54, 1.807) is 0 Å². The minimum Gasteiger partial charge on any atom is -0.450 e. The van der Waals surface area contributed by atoms with Crippen LogP contribution in [0.1, 0.15) is 16.4 Å². The molecule has 2 aromatic heterocycles. The zero-order chi connectivity index (χ0) is 18.9. The number of hydrogen-bond acceptors (Lipinski definition) is 5. The molecule has 26 heavy (non-hydrogen) atoms. The number of nitrogens with zero attached hydrogens (tertiary/aromatic N) is 1. The monoisotopic (exact) mass is 431 g/mol. The minimum absolute atomic E-state index is 0.0803. The van der Waals surface area contributed by atoms with E-state index >= 15 is 0 Å². The fourth-order valence-corrected chi connectivity index (χ4v) is 2.35. The molecule has 2 heterocycles. The zero-order valence-electron chi connectivity index (χ0n) is 12.7. The second-order valence-corrected chi connectivity index (χ2v) is 5.82. The molecule has 0 saturated heterocycles. The van der Waals surface area contributed by atoms with Gasteiger partial charge in [0.05, 0.1) is 11.0 Å². The Morgan fingerprint density at radius 1 is 1.27 bits per heavy atom. The number of nitrogens with one attached hydrogen (secondary N) is 2. The Hall–Kier alpha value is -2.82. The number of rotatable bonds is 4. The highest BCUT2D eigenvalue weighted by molar-refractivity contribution is 9.10. The van der Waals surface area contributed by atoms with Crippen molar-refractivity contribution in [2.45, 2.75) is 6.18 Å². The Bertz CT molecular complexity index is 980. The number of H-pyrrole nitrogens is 1. The highest BCUT2D eigenvalue weighted by atomic mass is 79.9. The predicted octanol–water partition coefficient (Wildman–Crippen LogP) is 3.73. The van der Waals surface area contributed by atoms with E-state index in [9.17, 15) is 22.8 Å². The van der Waals surface area contributed by atoms with Gasteiger partial charge in [0.2, 0.25) is 11.6 Å². The summed E-state index contributed by atoms with van der Waals surface area (Å²) < 4.78 is 48.0. The first-order valence-electron chi connectivity index (χ1n) is 7.01. The molecular weight excluding hydrogens is 423 g/mol. The van der Waals surface area contributed by atoms with Gasteiger partial charge in [-0.15, -0.1) is 0 Å². The number of anilines is 1. The predicted molar refractivity (Wildman–Crippen MR) is 86.4 cm³/mol. The van der Waals surface area contributed by atoms with E-state index < -0.39 is 30.5 Å². The first-order valence-corrected chi connectivity index (χ1v) is 7.81. The van der Waals surface area contributed by atoms with E-state index in [2.05, 4.69) is 31.2 Å². The molecule has 3 rings (SSSR count). The largest absolute Gasteiger partial charge is 0.450 e. The van der Waals surface area contributed by atoms with Crippen LogP contribution in [0.2, 0.25) is 0 Å². The number of ether oxygens (including phenoxy) is 1.